The van der Waals surface area contributed by atoms with Crippen LogP contribution in [0.4, 0.5) is 4.79 Å². The van der Waals surface area contributed by atoms with E-state index in [0.717, 1.165) is 16.6 Å². The first-order chi connectivity index (χ1) is 10.8. The molecule has 7 nitrogen and oxygen atoms in total. The number of benzene rings is 1. The van der Waals surface area contributed by atoms with Gasteiger partial charge in [0.2, 0.25) is 0 Å². The van der Waals surface area contributed by atoms with Crippen LogP contribution in [0.3, 0.4) is 0 Å². The Kier molecular flexibility index (Phi) is 4.96. The molecule has 0 saturated heterocycles. The zero-order valence-corrected chi connectivity index (χ0v) is 15.4. The summed E-state index contributed by atoms with van der Waals surface area (Å²) in [6.07, 6.45) is 1.15. The van der Waals surface area contributed by atoms with Gasteiger partial charge in [-0.1, -0.05) is 0 Å². The predicted octanol–water partition coefficient (Wildman–Crippen LogP) is 0.622. The Balaban J connectivity index is 2.41. The Morgan fingerprint density at radius 2 is 1.87 bits per heavy atom. The summed E-state index contributed by atoms with van der Waals surface area (Å²) in [6, 6.07) is 4.72. The Hall–Kier alpha value is -2.05. The number of hydrogen-bond donors (Lipinski definition) is 0. The Morgan fingerprint density at radius 3 is 2.43 bits per heavy atom. The number of hydrogen-bond acceptors (Lipinski definition) is 5. The summed E-state index contributed by atoms with van der Waals surface area (Å²) < 4.78 is 26.3. The van der Waals surface area contributed by atoms with Crippen LogP contribution in [0.25, 0.3) is 0 Å². The number of nitrogens with zero attached hydrogens (tertiary/aromatic N) is 4. The van der Waals surface area contributed by atoms with E-state index < -0.39 is 12.7 Å². The van der Waals surface area contributed by atoms with Crippen LogP contribution in [0, 0.1) is 13.8 Å². The fourth-order valence-corrected chi connectivity index (χ4v) is 5.05. The topological polar surface area (TPSA) is 85.2 Å². The van der Waals surface area contributed by atoms with E-state index in [1.807, 2.05) is 20.8 Å². The summed E-state index contributed by atoms with van der Waals surface area (Å²) in [7, 11) is 0. The number of rotatable bonds is 4. The Bertz CT molecular complexity index is 823. The van der Waals surface area contributed by atoms with Crippen molar-refractivity contribution in [2.45, 2.75) is 27.7 Å². The summed E-state index contributed by atoms with van der Waals surface area (Å²) in [4.78, 5) is 17.6. The van der Waals surface area contributed by atoms with Crippen LogP contribution < -0.4 is 9.18 Å². The molecule has 1 amide bonds. The minimum atomic E-state index is -4.72. The van der Waals surface area contributed by atoms with Crippen LogP contribution in [-0.2, 0) is 7.67 Å². The number of carbonyl (C=O) groups excluding carboxylic acids is 1. The van der Waals surface area contributed by atoms with Crippen LogP contribution in [0.1, 0.15) is 25.0 Å². The van der Waals surface area contributed by atoms with Gasteiger partial charge in [-0.3, -0.25) is 0 Å². The van der Waals surface area contributed by atoms with Crippen molar-refractivity contribution < 1.29 is 12.5 Å². The van der Waals surface area contributed by atoms with E-state index in [1.165, 1.54) is 4.90 Å². The van der Waals surface area contributed by atoms with E-state index >= 15 is 0 Å². The van der Waals surface area contributed by atoms with Gasteiger partial charge in [-0.2, -0.15) is 0 Å². The summed E-state index contributed by atoms with van der Waals surface area (Å²) in [5.41, 5.74) is 1.63. The van der Waals surface area contributed by atoms with Gasteiger partial charge in [-0.25, -0.2) is 0 Å². The molecule has 0 atom stereocenters. The molecule has 0 radical (unpaired) electrons. The van der Waals surface area contributed by atoms with Gasteiger partial charge in [0.05, 0.1) is 0 Å². The van der Waals surface area contributed by atoms with E-state index in [2.05, 4.69) is 10.1 Å². The predicted molar refractivity (Wildman–Crippen MR) is 86.0 cm³/mol. The second-order valence-electron chi connectivity index (χ2n) is 5.20. The van der Waals surface area contributed by atoms with Gasteiger partial charge in [0, 0.05) is 0 Å². The van der Waals surface area contributed by atoms with Gasteiger partial charge < -0.3 is 0 Å². The van der Waals surface area contributed by atoms with E-state index in [-0.39, 0.29) is 15.2 Å². The quantitative estimate of drug-likeness (QED) is 0.723. The van der Waals surface area contributed by atoms with Gasteiger partial charge in [-0.05, 0) is 0 Å². The normalized spacial score (nSPS) is 11.5. The molecular weight excluding hydrogens is 363 g/mol. The molecule has 23 heavy (non-hydrogen) atoms. The summed E-state index contributed by atoms with van der Waals surface area (Å²) in [5, 5.41) is 3.90. The Labute approximate surface area is 137 Å². The second-order valence-corrected chi connectivity index (χ2v) is 9.00. The molecule has 1 heterocycles. The third-order valence-corrected chi connectivity index (χ3v) is 7.14. The molecule has 0 aliphatic carbocycles. The van der Waals surface area contributed by atoms with Gasteiger partial charge in [0.1, 0.15) is 0 Å². The van der Waals surface area contributed by atoms with Crippen molar-refractivity contribution >= 4 is 27.9 Å². The molecule has 0 N–H and O–H groups in total. The first-order valence-corrected chi connectivity index (χ1v) is 10.5. The number of carbonyl (C=O) groups is 1. The average Bonchev–Trinajstić information content (AvgIpc) is 2.98. The summed E-state index contributed by atoms with van der Waals surface area (Å²) >= 11 is -4.72. The van der Waals surface area contributed by atoms with Crippen LogP contribution in [0.5, 0.6) is 0 Å². The van der Waals surface area contributed by atoms with Crippen molar-refractivity contribution in [2.75, 3.05) is 13.1 Å². The van der Waals surface area contributed by atoms with E-state index in [9.17, 15) is 12.5 Å². The molecule has 124 valence electrons. The van der Waals surface area contributed by atoms with Crippen molar-refractivity contribution in [2.24, 2.45) is 0 Å². The molecule has 0 unspecified atom stereocenters. The SMILES string of the molecule is CCN(CC)C(=O)n1cnc([Se](=O)(=O)c2ccc(C)cc2C)n1. The number of aryl methyl sites for hydroxylation is 2. The van der Waals surface area contributed by atoms with E-state index in [1.54, 1.807) is 25.1 Å². The molecule has 2 aromatic rings. The van der Waals surface area contributed by atoms with Crippen LogP contribution in [0.2, 0.25) is 0 Å². The molecule has 0 saturated carbocycles. The molecule has 1 aromatic carbocycles. The molecule has 0 aliphatic heterocycles. The van der Waals surface area contributed by atoms with Crippen LogP contribution in [0.15, 0.2) is 24.5 Å². The standard InChI is InChI=1S/C15H20N4O3Se/c1-5-18(6-2)15(20)19-10-16-14(17-19)23(21,22)13-8-7-11(3)9-12(13)4/h7-10H,5-6H2,1-4H3. The number of aromatic nitrogens is 3. The van der Waals surface area contributed by atoms with Crippen molar-refractivity contribution in [1.29, 1.82) is 0 Å². The van der Waals surface area contributed by atoms with Crippen molar-refractivity contribution in [3.05, 3.63) is 35.7 Å². The first kappa shape index (κ1) is 17.3. The fourth-order valence-electron chi connectivity index (χ4n) is 2.30. The maximum absolute atomic E-state index is 12.7. The van der Waals surface area contributed by atoms with E-state index in [0.29, 0.717) is 18.7 Å². The van der Waals surface area contributed by atoms with Crippen molar-refractivity contribution in [3.63, 3.8) is 0 Å². The molecule has 0 bridgehead atoms. The first-order valence-electron chi connectivity index (χ1n) is 7.34. The third-order valence-electron chi connectivity index (χ3n) is 3.56. The molecule has 2 rings (SSSR count). The fraction of sp³-hybridized carbons (Fsp3) is 0.400. The average molecular weight is 383 g/mol. The summed E-state index contributed by atoms with van der Waals surface area (Å²) in [5.74, 6) is 0. The van der Waals surface area contributed by atoms with E-state index in [4.69, 9.17) is 0 Å². The molecule has 0 fully saturated rings. The molecular formula is C15H20N4O3Se. The molecule has 1 aromatic heterocycles. The monoisotopic (exact) mass is 384 g/mol. The van der Waals surface area contributed by atoms with Gasteiger partial charge >= 0.3 is 136 Å². The third kappa shape index (κ3) is 3.33. The van der Waals surface area contributed by atoms with Crippen molar-refractivity contribution in [3.8, 4) is 0 Å². The van der Waals surface area contributed by atoms with Gasteiger partial charge in [0.25, 0.3) is 0 Å². The van der Waals surface area contributed by atoms with Crippen LogP contribution in [-0.4, -0.2) is 51.5 Å². The zero-order chi connectivity index (χ0) is 17.2. The van der Waals surface area contributed by atoms with Gasteiger partial charge in [0.15, 0.2) is 0 Å². The maximum atomic E-state index is 12.7. The molecule has 0 spiro atoms. The van der Waals surface area contributed by atoms with Crippen LogP contribution >= 0.6 is 0 Å². The zero-order valence-electron chi connectivity index (χ0n) is 13.6. The second kappa shape index (κ2) is 6.60. The summed E-state index contributed by atoms with van der Waals surface area (Å²) in [6.45, 7) is 8.35. The molecule has 0 aliphatic rings. The number of amides is 1. The minimum absolute atomic E-state index is 0.222. The molecule has 8 heteroatoms. The van der Waals surface area contributed by atoms with Crippen molar-refractivity contribution in [1.82, 2.24) is 19.7 Å². The van der Waals surface area contributed by atoms with Gasteiger partial charge in [-0.15, -0.1) is 0 Å². The Morgan fingerprint density at radius 1 is 1.22 bits per heavy atom.